The molecule has 18 heavy (non-hydrogen) atoms. The Hall–Kier alpha value is -1.32. The number of carboxylic acid groups (broad SMARTS) is 1. The second kappa shape index (κ2) is 7.19. The minimum atomic E-state index is -0.949. The molecule has 4 nitrogen and oxygen atoms in total. The predicted octanol–water partition coefficient (Wildman–Crippen LogP) is 2.49. The summed E-state index contributed by atoms with van der Waals surface area (Å²) in [5, 5.41) is 11.7. The maximum absolute atomic E-state index is 11.8. The first kappa shape index (κ1) is 14.7. The van der Waals surface area contributed by atoms with Gasteiger partial charge in [-0.25, -0.2) is 4.79 Å². The van der Waals surface area contributed by atoms with Crippen molar-refractivity contribution in [3.05, 3.63) is 11.6 Å². The van der Waals surface area contributed by atoms with E-state index in [1.54, 1.807) is 0 Å². The molecule has 0 fully saturated rings. The van der Waals surface area contributed by atoms with Crippen LogP contribution in [0.4, 0.5) is 0 Å². The SMILES string of the molecule is CCC(C)C(NC(=O)CC1=CCCCC1)C(=O)O. The highest BCUT2D eigenvalue weighted by Crippen LogP contribution is 2.20. The van der Waals surface area contributed by atoms with Crippen molar-refractivity contribution in [2.24, 2.45) is 5.92 Å². The minimum Gasteiger partial charge on any atom is -0.480 e. The lowest BCUT2D eigenvalue weighted by Gasteiger charge is -2.21. The van der Waals surface area contributed by atoms with E-state index in [-0.39, 0.29) is 11.8 Å². The summed E-state index contributed by atoms with van der Waals surface area (Å²) in [5.41, 5.74) is 1.15. The molecule has 0 aromatic heterocycles. The van der Waals surface area contributed by atoms with Crippen molar-refractivity contribution in [3.8, 4) is 0 Å². The average molecular weight is 253 g/mol. The normalized spacial score (nSPS) is 18.7. The van der Waals surface area contributed by atoms with Crippen molar-refractivity contribution in [1.82, 2.24) is 5.32 Å². The number of hydrogen-bond donors (Lipinski definition) is 2. The van der Waals surface area contributed by atoms with Crippen LogP contribution in [0.5, 0.6) is 0 Å². The third-order valence-electron chi connectivity index (χ3n) is 3.57. The molecule has 102 valence electrons. The molecule has 0 saturated carbocycles. The average Bonchev–Trinajstić information content (AvgIpc) is 2.36. The summed E-state index contributed by atoms with van der Waals surface area (Å²) in [4.78, 5) is 22.9. The van der Waals surface area contributed by atoms with Crippen LogP contribution in [0.15, 0.2) is 11.6 Å². The zero-order chi connectivity index (χ0) is 13.5. The monoisotopic (exact) mass is 253 g/mol. The molecule has 0 saturated heterocycles. The highest BCUT2D eigenvalue weighted by atomic mass is 16.4. The molecule has 2 atom stereocenters. The highest BCUT2D eigenvalue weighted by molar-refractivity contribution is 5.85. The Morgan fingerprint density at radius 2 is 2.17 bits per heavy atom. The number of carboxylic acids is 1. The fourth-order valence-corrected chi connectivity index (χ4v) is 2.18. The van der Waals surface area contributed by atoms with E-state index in [0.717, 1.165) is 31.3 Å². The first-order valence-corrected chi connectivity index (χ1v) is 6.74. The third kappa shape index (κ3) is 4.51. The third-order valence-corrected chi connectivity index (χ3v) is 3.57. The van der Waals surface area contributed by atoms with Crippen molar-refractivity contribution in [2.45, 2.75) is 58.4 Å². The van der Waals surface area contributed by atoms with Crippen LogP contribution in [-0.2, 0) is 9.59 Å². The van der Waals surface area contributed by atoms with Gasteiger partial charge in [0.25, 0.3) is 0 Å². The van der Waals surface area contributed by atoms with Gasteiger partial charge < -0.3 is 10.4 Å². The maximum atomic E-state index is 11.8. The van der Waals surface area contributed by atoms with Crippen molar-refractivity contribution in [3.63, 3.8) is 0 Å². The van der Waals surface area contributed by atoms with E-state index in [4.69, 9.17) is 5.11 Å². The zero-order valence-electron chi connectivity index (χ0n) is 11.2. The van der Waals surface area contributed by atoms with Crippen molar-refractivity contribution in [1.29, 1.82) is 0 Å². The number of allylic oxidation sites excluding steroid dienone is 1. The van der Waals surface area contributed by atoms with E-state index in [0.29, 0.717) is 6.42 Å². The van der Waals surface area contributed by atoms with Crippen LogP contribution in [0.25, 0.3) is 0 Å². The fraction of sp³-hybridized carbons (Fsp3) is 0.714. The molecule has 0 aromatic carbocycles. The van der Waals surface area contributed by atoms with Crippen LogP contribution in [0.3, 0.4) is 0 Å². The van der Waals surface area contributed by atoms with Crippen LogP contribution in [0.2, 0.25) is 0 Å². The number of aliphatic carboxylic acids is 1. The Kier molecular flexibility index (Phi) is 5.89. The molecular formula is C14H23NO3. The number of amides is 1. The first-order chi connectivity index (χ1) is 8.54. The molecular weight excluding hydrogens is 230 g/mol. The number of carbonyl (C=O) groups excluding carboxylic acids is 1. The number of nitrogens with one attached hydrogen (secondary N) is 1. The molecule has 2 N–H and O–H groups in total. The van der Waals surface area contributed by atoms with Gasteiger partial charge in [-0.05, 0) is 31.6 Å². The van der Waals surface area contributed by atoms with Crippen LogP contribution in [0.1, 0.15) is 52.4 Å². The van der Waals surface area contributed by atoms with Gasteiger partial charge in [-0.15, -0.1) is 0 Å². The molecule has 2 unspecified atom stereocenters. The number of hydrogen-bond acceptors (Lipinski definition) is 2. The standard InChI is InChI=1S/C14H23NO3/c1-3-10(2)13(14(17)18)15-12(16)9-11-7-5-4-6-8-11/h7,10,13H,3-6,8-9H2,1-2H3,(H,15,16)(H,17,18). The summed E-state index contributed by atoms with van der Waals surface area (Å²) < 4.78 is 0. The summed E-state index contributed by atoms with van der Waals surface area (Å²) in [7, 11) is 0. The lowest BCUT2D eigenvalue weighted by molar-refractivity contribution is -0.143. The van der Waals surface area contributed by atoms with Gasteiger partial charge in [-0.2, -0.15) is 0 Å². The summed E-state index contributed by atoms with van der Waals surface area (Å²) in [6.07, 6.45) is 7.52. The van der Waals surface area contributed by atoms with E-state index in [9.17, 15) is 9.59 Å². The van der Waals surface area contributed by atoms with Crippen molar-refractivity contribution >= 4 is 11.9 Å². The number of carbonyl (C=O) groups is 2. The van der Waals surface area contributed by atoms with Gasteiger partial charge in [0.2, 0.25) is 5.91 Å². The Bertz CT molecular complexity index is 336. The fourth-order valence-electron chi connectivity index (χ4n) is 2.18. The molecule has 1 aliphatic rings. The van der Waals surface area contributed by atoms with E-state index < -0.39 is 12.0 Å². The topological polar surface area (TPSA) is 66.4 Å². The highest BCUT2D eigenvalue weighted by Gasteiger charge is 2.25. The molecule has 0 aliphatic heterocycles. The van der Waals surface area contributed by atoms with Gasteiger partial charge in [0.15, 0.2) is 0 Å². The smallest absolute Gasteiger partial charge is 0.326 e. The Morgan fingerprint density at radius 3 is 2.67 bits per heavy atom. The zero-order valence-corrected chi connectivity index (χ0v) is 11.2. The maximum Gasteiger partial charge on any atom is 0.326 e. The molecule has 1 amide bonds. The van der Waals surface area contributed by atoms with Crippen LogP contribution >= 0.6 is 0 Å². The van der Waals surface area contributed by atoms with Gasteiger partial charge in [-0.1, -0.05) is 31.9 Å². The molecule has 0 spiro atoms. The minimum absolute atomic E-state index is 0.0493. The van der Waals surface area contributed by atoms with Crippen LogP contribution in [-0.4, -0.2) is 23.0 Å². The van der Waals surface area contributed by atoms with Crippen LogP contribution < -0.4 is 5.32 Å². The molecule has 1 rings (SSSR count). The largest absolute Gasteiger partial charge is 0.480 e. The van der Waals surface area contributed by atoms with Crippen LogP contribution in [0, 0.1) is 5.92 Å². The summed E-state index contributed by atoms with van der Waals surface area (Å²) in [6, 6.07) is -0.772. The molecule has 0 heterocycles. The Labute approximate surface area is 108 Å². The van der Waals surface area contributed by atoms with E-state index >= 15 is 0 Å². The lowest BCUT2D eigenvalue weighted by atomic mass is 9.96. The van der Waals surface area contributed by atoms with Gasteiger partial charge in [0.1, 0.15) is 6.04 Å². The Balaban J connectivity index is 2.50. The summed E-state index contributed by atoms with van der Waals surface area (Å²) >= 11 is 0. The van der Waals surface area contributed by atoms with Gasteiger partial charge in [0, 0.05) is 6.42 Å². The molecule has 0 aromatic rings. The first-order valence-electron chi connectivity index (χ1n) is 6.74. The molecule has 0 radical (unpaired) electrons. The number of rotatable bonds is 6. The quantitative estimate of drug-likeness (QED) is 0.715. The lowest BCUT2D eigenvalue weighted by Crippen LogP contribution is -2.45. The molecule has 0 bridgehead atoms. The van der Waals surface area contributed by atoms with Crippen molar-refractivity contribution < 1.29 is 14.7 Å². The summed E-state index contributed by atoms with van der Waals surface area (Å²) in [5.74, 6) is -1.17. The van der Waals surface area contributed by atoms with Gasteiger partial charge in [-0.3, -0.25) is 4.79 Å². The molecule has 4 heteroatoms. The Morgan fingerprint density at radius 1 is 1.44 bits per heavy atom. The predicted molar refractivity (Wildman–Crippen MR) is 70.2 cm³/mol. The summed E-state index contributed by atoms with van der Waals surface area (Å²) in [6.45, 7) is 3.77. The second-order valence-corrected chi connectivity index (χ2v) is 5.05. The molecule has 1 aliphatic carbocycles. The van der Waals surface area contributed by atoms with E-state index in [1.807, 2.05) is 13.8 Å². The van der Waals surface area contributed by atoms with Gasteiger partial charge in [0.05, 0.1) is 0 Å². The second-order valence-electron chi connectivity index (χ2n) is 5.05. The van der Waals surface area contributed by atoms with Crippen molar-refractivity contribution in [2.75, 3.05) is 0 Å². The van der Waals surface area contributed by atoms with Gasteiger partial charge >= 0.3 is 5.97 Å². The van der Waals surface area contributed by atoms with E-state index in [1.165, 1.54) is 6.42 Å². The van der Waals surface area contributed by atoms with E-state index in [2.05, 4.69) is 11.4 Å².